The van der Waals surface area contributed by atoms with E-state index in [1.165, 1.54) is 9.13 Å². The van der Waals surface area contributed by atoms with Crippen molar-refractivity contribution in [1.29, 1.82) is 0 Å². The van der Waals surface area contributed by atoms with E-state index in [0.29, 0.717) is 16.6 Å². The molecule has 25 heavy (non-hydrogen) atoms. The van der Waals surface area contributed by atoms with Crippen LogP contribution in [0.15, 0.2) is 88.5 Å². The Morgan fingerprint density at radius 3 is 2.16 bits per heavy atom. The molecule has 0 unspecified atom stereocenters. The number of fused-ring (bicyclic) bond motifs is 1. The van der Waals surface area contributed by atoms with Crippen LogP contribution < -0.4 is 11.2 Å². The molecule has 0 aliphatic heterocycles. The summed E-state index contributed by atoms with van der Waals surface area (Å²) in [6.45, 7) is 0. The van der Waals surface area contributed by atoms with Crippen molar-refractivity contribution < 1.29 is 0 Å². The number of aromatic nitrogens is 2. The molecule has 4 aromatic rings. The highest BCUT2D eigenvalue weighted by atomic mass is 16.2. The molecule has 122 valence electrons. The number of hydrogen-bond donors (Lipinski definition) is 0. The molecule has 0 bridgehead atoms. The lowest BCUT2D eigenvalue weighted by molar-refractivity contribution is 0.774. The lowest BCUT2D eigenvalue weighted by Gasteiger charge is -2.14. The van der Waals surface area contributed by atoms with Gasteiger partial charge in [-0.25, -0.2) is 9.36 Å². The van der Waals surface area contributed by atoms with Crippen LogP contribution in [0.25, 0.3) is 27.7 Å². The van der Waals surface area contributed by atoms with E-state index in [4.69, 9.17) is 0 Å². The van der Waals surface area contributed by atoms with Crippen molar-refractivity contribution in [2.45, 2.75) is 0 Å². The summed E-state index contributed by atoms with van der Waals surface area (Å²) in [5, 5.41) is 0.521. The average molecular weight is 328 g/mol. The molecule has 4 nitrogen and oxygen atoms in total. The first kappa shape index (κ1) is 15.1. The molecular formula is C21H16N2O2. The molecule has 0 amide bonds. The number of hydrogen-bond acceptors (Lipinski definition) is 2. The fraction of sp³-hybridized carbons (Fsp3) is 0.0476. The quantitative estimate of drug-likeness (QED) is 0.566. The van der Waals surface area contributed by atoms with Gasteiger partial charge in [-0.05, 0) is 23.8 Å². The minimum Gasteiger partial charge on any atom is -0.296 e. The predicted molar refractivity (Wildman–Crippen MR) is 100 cm³/mol. The van der Waals surface area contributed by atoms with Gasteiger partial charge in [0.15, 0.2) is 0 Å². The van der Waals surface area contributed by atoms with E-state index in [0.717, 1.165) is 11.1 Å². The van der Waals surface area contributed by atoms with Gasteiger partial charge in [0, 0.05) is 12.6 Å². The number of rotatable bonds is 2. The highest BCUT2D eigenvalue weighted by Crippen LogP contribution is 2.25. The number of benzene rings is 3. The average Bonchev–Trinajstić information content (AvgIpc) is 2.67. The first-order valence-electron chi connectivity index (χ1n) is 8.04. The molecule has 0 saturated carbocycles. The van der Waals surface area contributed by atoms with Crippen LogP contribution in [-0.2, 0) is 7.05 Å². The van der Waals surface area contributed by atoms with Gasteiger partial charge in [-0.1, -0.05) is 60.7 Å². The van der Waals surface area contributed by atoms with Gasteiger partial charge in [-0.3, -0.25) is 9.36 Å². The van der Waals surface area contributed by atoms with Crippen molar-refractivity contribution in [3.05, 3.63) is 99.7 Å². The zero-order valence-corrected chi connectivity index (χ0v) is 13.7. The van der Waals surface area contributed by atoms with E-state index in [1.54, 1.807) is 25.2 Å². The van der Waals surface area contributed by atoms with Crippen molar-refractivity contribution in [2.24, 2.45) is 7.05 Å². The van der Waals surface area contributed by atoms with Crippen LogP contribution in [0.1, 0.15) is 0 Å². The molecule has 0 radical (unpaired) electrons. The first-order chi connectivity index (χ1) is 12.2. The van der Waals surface area contributed by atoms with Gasteiger partial charge in [-0.2, -0.15) is 0 Å². The number of nitrogens with zero attached hydrogens (tertiary/aromatic N) is 2. The largest absolute Gasteiger partial charge is 0.335 e. The minimum absolute atomic E-state index is 0.304. The normalized spacial score (nSPS) is 10.9. The van der Waals surface area contributed by atoms with Crippen LogP contribution in [0.5, 0.6) is 0 Å². The van der Waals surface area contributed by atoms with Crippen LogP contribution in [0.2, 0.25) is 0 Å². The fourth-order valence-corrected chi connectivity index (χ4v) is 3.15. The molecule has 0 N–H and O–H groups in total. The number of para-hydroxylation sites is 2. The minimum atomic E-state index is -0.355. The Morgan fingerprint density at radius 2 is 1.36 bits per heavy atom. The van der Waals surface area contributed by atoms with Gasteiger partial charge < -0.3 is 0 Å². The molecule has 4 rings (SSSR count). The van der Waals surface area contributed by atoms with E-state index in [2.05, 4.69) is 0 Å². The summed E-state index contributed by atoms with van der Waals surface area (Å²) in [7, 11) is 1.69. The third-order valence-corrected chi connectivity index (χ3v) is 4.41. The molecule has 1 heterocycles. The molecular weight excluding hydrogens is 312 g/mol. The van der Waals surface area contributed by atoms with Gasteiger partial charge >= 0.3 is 5.69 Å². The lowest BCUT2D eigenvalue weighted by Crippen LogP contribution is -2.38. The summed E-state index contributed by atoms with van der Waals surface area (Å²) in [5.74, 6) is 0. The molecule has 0 aliphatic rings. The standard InChI is InChI=1S/C21H16N2O2/c1-22-18-13-7-6-12-17(18)20(24)23(21(22)25)19-14-8-5-11-16(19)15-9-3-2-4-10-15/h2-14H,1H3. The summed E-state index contributed by atoms with van der Waals surface area (Å²) in [6.07, 6.45) is 0. The van der Waals surface area contributed by atoms with E-state index >= 15 is 0 Å². The van der Waals surface area contributed by atoms with E-state index < -0.39 is 0 Å². The van der Waals surface area contributed by atoms with E-state index in [-0.39, 0.29) is 11.2 Å². The molecule has 3 aromatic carbocycles. The Hall–Kier alpha value is -3.40. The van der Waals surface area contributed by atoms with Gasteiger partial charge in [0.05, 0.1) is 16.6 Å². The smallest absolute Gasteiger partial charge is 0.296 e. The summed E-state index contributed by atoms with van der Waals surface area (Å²) < 4.78 is 2.77. The van der Waals surface area contributed by atoms with E-state index in [1.807, 2.05) is 60.7 Å². The predicted octanol–water partition coefficient (Wildman–Crippen LogP) is 3.36. The highest BCUT2D eigenvalue weighted by molar-refractivity contribution is 5.79. The summed E-state index contributed by atoms with van der Waals surface area (Å²) in [6, 6.07) is 24.4. The van der Waals surface area contributed by atoms with Crippen molar-refractivity contribution in [2.75, 3.05) is 0 Å². The molecule has 1 aromatic heterocycles. The SMILES string of the molecule is Cn1c(=O)n(-c2ccccc2-c2ccccc2)c(=O)c2ccccc21. The maximum Gasteiger partial charge on any atom is 0.335 e. The Balaban J connectivity index is 2.12. The molecule has 0 spiro atoms. The third-order valence-electron chi connectivity index (χ3n) is 4.41. The maximum absolute atomic E-state index is 13.0. The molecule has 0 atom stereocenters. The summed E-state index contributed by atoms with van der Waals surface area (Å²) in [5.41, 5.74) is 2.36. The number of aryl methyl sites for hydroxylation is 1. The lowest BCUT2D eigenvalue weighted by atomic mass is 10.0. The molecule has 4 heteroatoms. The van der Waals surface area contributed by atoms with Crippen LogP contribution >= 0.6 is 0 Å². The van der Waals surface area contributed by atoms with Gasteiger partial charge in [-0.15, -0.1) is 0 Å². The molecule has 0 aliphatic carbocycles. The zero-order chi connectivity index (χ0) is 17.4. The van der Waals surface area contributed by atoms with Gasteiger partial charge in [0.1, 0.15) is 0 Å². The Kier molecular flexibility index (Phi) is 3.58. The van der Waals surface area contributed by atoms with Crippen LogP contribution in [0, 0.1) is 0 Å². The Labute approximate surface area is 144 Å². The zero-order valence-electron chi connectivity index (χ0n) is 13.7. The molecule has 0 fully saturated rings. The maximum atomic E-state index is 13.0. The van der Waals surface area contributed by atoms with E-state index in [9.17, 15) is 9.59 Å². The summed E-state index contributed by atoms with van der Waals surface area (Å²) in [4.78, 5) is 25.9. The van der Waals surface area contributed by atoms with Crippen molar-refractivity contribution in [3.63, 3.8) is 0 Å². The van der Waals surface area contributed by atoms with Crippen LogP contribution in [0.3, 0.4) is 0 Å². The highest BCUT2D eigenvalue weighted by Gasteiger charge is 2.15. The van der Waals surface area contributed by atoms with Crippen LogP contribution in [0.4, 0.5) is 0 Å². The first-order valence-corrected chi connectivity index (χ1v) is 8.04. The van der Waals surface area contributed by atoms with Crippen molar-refractivity contribution in [1.82, 2.24) is 9.13 Å². The Bertz CT molecular complexity index is 1190. The monoisotopic (exact) mass is 328 g/mol. The second kappa shape index (κ2) is 5.91. The van der Waals surface area contributed by atoms with Gasteiger partial charge in [0.25, 0.3) is 5.56 Å². The fourth-order valence-electron chi connectivity index (χ4n) is 3.15. The van der Waals surface area contributed by atoms with Crippen LogP contribution in [-0.4, -0.2) is 9.13 Å². The van der Waals surface area contributed by atoms with Crippen molar-refractivity contribution >= 4 is 10.9 Å². The van der Waals surface area contributed by atoms with Crippen molar-refractivity contribution in [3.8, 4) is 16.8 Å². The second-order valence-corrected chi connectivity index (χ2v) is 5.88. The third kappa shape index (κ3) is 2.39. The topological polar surface area (TPSA) is 44.0 Å². The Morgan fingerprint density at radius 1 is 0.720 bits per heavy atom. The second-order valence-electron chi connectivity index (χ2n) is 5.88. The summed E-state index contributed by atoms with van der Waals surface area (Å²) >= 11 is 0. The van der Waals surface area contributed by atoms with Gasteiger partial charge in [0.2, 0.25) is 0 Å². The molecule has 0 saturated heterocycles.